The maximum atomic E-state index is 9.80. The minimum atomic E-state index is -0.785. The quantitative estimate of drug-likeness (QED) is 0.422. The molecule has 0 saturated carbocycles. The zero-order valence-corrected chi connectivity index (χ0v) is 4.55. The summed E-state index contributed by atoms with van der Waals surface area (Å²) in [6.07, 6.45) is 2.56. The van der Waals surface area contributed by atoms with Gasteiger partial charge < -0.3 is 10.5 Å². The van der Waals surface area contributed by atoms with Gasteiger partial charge in [-0.05, 0) is 19.1 Å². The van der Waals surface area contributed by atoms with Crippen molar-refractivity contribution >= 4 is 12.2 Å². The van der Waals surface area contributed by atoms with Crippen LogP contribution in [0.5, 0.6) is 0 Å². The average Bonchev–Trinajstić information content (AvgIpc) is 1.66. The lowest BCUT2D eigenvalue weighted by Gasteiger charge is -1.86. The van der Waals surface area contributed by atoms with Gasteiger partial charge in [0, 0.05) is 6.42 Å². The Labute approximate surface area is 47.8 Å². The average molecular weight is 115 g/mol. The van der Waals surface area contributed by atoms with Crippen molar-refractivity contribution in [2.24, 2.45) is 0 Å². The number of aliphatic carboxylic acids is 1. The third-order valence-electron chi connectivity index (χ3n) is 0.739. The van der Waals surface area contributed by atoms with Gasteiger partial charge in [0.25, 0.3) is 0 Å². The molecule has 0 amide bonds. The minimum absolute atomic E-state index is 0.176. The summed E-state index contributed by atoms with van der Waals surface area (Å²) in [5.74, 6) is -0.785. The highest BCUT2D eigenvalue weighted by Crippen LogP contribution is 1.90. The van der Waals surface area contributed by atoms with E-state index >= 15 is 0 Å². The molecule has 46 valence electrons. The predicted molar refractivity (Wildman–Crippen MR) is 30.3 cm³/mol. The van der Waals surface area contributed by atoms with E-state index in [2.05, 4.69) is 0 Å². The van der Waals surface area contributed by atoms with Gasteiger partial charge in [-0.3, -0.25) is 4.79 Å². The highest BCUT2D eigenvalue weighted by molar-refractivity contribution is 5.67. The van der Waals surface area contributed by atoms with Crippen LogP contribution in [0.4, 0.5) is 0 Å². The predicted octanol–water partition coefficient (Wildman–Crippen LogP) is 0.891. The molecule has 3 heteroatoms. The van der Waals surface area contributed by atoms with E-state index in [-0.39, 0.29) is 6.42 Å². The van der Waals surface area contributed by atoms with Gasteiger partial charge in [0.2, 0.25) is 0 Å². The van der Waals surface area contributed by atoms with E-state index in [1.807, 2.05) is 0 Å². The Morgan fingerprint density at radius 1 is 1.75 bits per heavy atom. The second-order valence-electron chi connectivity index (χ2n) is 1.49. The lowest BCUT2D eigenvalue weighted by Crippen LogP contribution is -1.93. The van der Waals surface area contributed by atoms with Crippen LogP contribution in [0.1, 0.15) is 19.3 Å². The van der Waals surface area contributed by atoms with Gasteiger partial charge in [-0.2, -0.15) is 0 Å². The lowest BCUT2D eigenvalue weighted by molar-refractivity contribution is -0.137. The molecule has 0 aromatic heterocycles. The van der Waals surface area contributed by atoms with Crippen molar-refractivity contribution in [2.45, 2.75) is 19.3 Å². The smallest absolute Gasteiger partial charge is 0.303 e. The fraction of sp³-hybridized carbons (Fsp3) is 0.600. The largest absolute Gasteiger partial charge is 0.481 e. The fourth-order valence-electron chi connectivity index (χ4n) is 0.355. The van der Waals surface area contributed by atoms with Crippen LogP contribution < -0.4 is 0 Å². The SMILES string of the molecule is N=CCCCC(=O)O. The van der Waals surface area contributed by atoms with E-state index in [1.54, 1.807) is 0 Å². The van der Waals surface area contributed by atoms with Gasteiger partial charge in [-0.25, -0.2) is 0 Å². The number of nitrogens with one attached hydrogen (secondary N) is 1. The van der Waals surface area contributed by atoms with Crippen molar-refractivity contribution in [1.29, 1.82) is 5.41 Å². The monoisotopic (exact) mass is 115 g/mol. The Bertz CT molecular complexity index is 90.4. The van der Waals surface area contributed by atoms with Crippen molar-refractivity contribution in [3.63, 3.8) is 0 Å². The number of carbonyl (C=O) groups is 1. The molecule has 2 N–H and O–H groups in total. The summed E-state index contributed by atoms with van der Waals surface area (Å²) in [6.45, 7) is 0. The Kier molecular flexibility index (Phi) is 3.84. The molecule has 8 heavy (non-hydrogen) atoms. The molecule has 0 aliphatic rings. The molecule has 0 spiro atoms. The highest BCUT2D eigenvalue weighted by Gasteiger charge is 1.92. The first kappa shape index (κ1) is 7.14. The number of carboxylic acid groups (broad SMARTS) is 1. The van der Waals surface area contributed by atoms with E-state index in [0.717, 1.165) is 0 Å². The molecule has 0 radical (unpaired) electrons. The normalized spacial score (nSPS) is 8.50. The Balaban J connectivity index is 2.93. The number of unbranched alkanes of at least 4 members (excludes halogenated alkanes) is 1. The van der Waals surface area contributed by atoms with E-state index in [0.29, 0.717) is 12.8 Å². The van der Waals surface area contributed by atoms with Gasteiger partial charge in [-0.15, -0.1) is 0 Å². The van der Waals surface area contributed by atoms with E-state index in [1.165, 1.54) is 6.21 Å². The summed E-state index contributed by atoms with van der Waals surface area (Å²) in [6, 6.07) is 0. The fourth-order valence-corrected chi connectivity index (χ4v) is 0.355. The second kappa shape index (κ2) is 4.30. The summed E-state index contributed by atoms with van der Waals surface area (Å²) in [5, 5.41) is 14.6. The van der Waals surface area contributed by atoms with Crippen molar-refractivity contribution in [3.8, 4) is 0 Å². The first-order valence-corrected chi connectivity index (χ1v) is 2.48. The first-order chi connectivity index (χ1) is 3.77. The third-order valence-corrected chi connectivity index (χ3v) is 0.739. The van der Waals surface area contributed by atoms with Gasteiger partial charge in [-0.1, -0.05) is 0 Å². The van der Waals surface area contributed by atoms with Crippen molar-refractivity contribution in [1.82, 2.24) is 0 Å². The number of rotatable bonds is 4. The molecule has 0 unspecified atom stereocenters. The topological polar surface area (TPSA) is 61.2 Å². The molecular formula is C5H9NO2. The van der Waals surface area contributed by atoms with Crippen LogP contribution in [0.3, 0.4) is 0 Å². The summed E-state index contributed by atoms with van der Waals surface area (Å²) >= 11 is 0. The molecule has 3 nitrogen and oxygen atoms in total. The van der Waals surface area contributed by atoms with Gasteiger partial charge in [0.15, 0.2) is 0 Å². The summed E-state index contributed by atoms with van der Waals surface area (Å²) in [7, 11) is 0. The summed E-state index contributed by atoms with van der Waals surface area (Å²) in [5.41, 5.74) is 0. The molecule has 0 rings (SSSR count). The number of carboxylic acids is 1. The Morgan fingerprint density at radius 3 is 2.75 bits per heavy atom. The molecule has 0 aliphatic heterocycles. The Morgan fingerprint density at radius 2 is 2.38 bits per heavy atom. The van der Waals surface area contributed by atoms with Gasteiger partial charge in [0.1, 0.15) is 0 Å². The van der Waals surface area contributed by atoms with Crippen LogP contribution in [-0.4, -0.2) is 17.3 Å². The lowest BCUT2D eigenvalue weighted by atomic mass is 10.2. The van der Waals surface area contributed by atoms with Gasteiger partial charge >= 0.3 is 5.97 Å². The van der Waals surface area contributed by atoms with Crippen LogP contribution in [0.25, 0.3) is 0 Å². The maximum Gasteiger partial charge on any atom is 0.303 e. The van der Waals surface area contributed by atoms with Crippen LogP contribution >= 0.6 is 0 Å². The zero-order chi connectivity index (χ0) is 6.41. The van der Waals surface area contributed by atoms with Crippen LogP contribution in [0.15, 0.2) is 0 Å². The Hall–Kier alpha value is -0.860. The summed E-state index contributed by atoms with van der Waals surface area (Å²) < 4.78 is 0. The van der Waals surface area contributed by atoms with Crippen molar-refractivity contribution < 1.29 is 9.90 Å². The van der Waals surface area contributed by atoms with Crippen LogP contribution in [-0.2, 0) is 4.79 Å². The van der Waals surface area contributed by atoms with Crippen molar-refractivity contribution in [2.75, 3.05) is 0 Å². The molecular weight excluding hydrogens is 106 g/mol. The molecule has 0 aromatic rings. The number of hydrogen-bond acceptors (Lipinski definition) is 2. The van der Waals surface area contributed by atoms with Crippen molar-refractivity contribution in [3.05, 3.63) is 0 Å². The minimum Gasteiger partial charge on any atom is -0.481 e. The maximum absolute atomic E-state index is 9.80. The summed E-state index contributed by atoms with van der Waals surface area (Å²) in [4.78, 5) is 9.80. The second-order valence-corrected chi connectivity index (χ2v) is 1.49. The van der Waals surface area contributed by atoms with E-state index < -0.39 is 5.97 Å². The molecule has 0 fully saturated rings. The third kappa shape index (κ3) is 5.14. The molecule has 0 saturated heterocycles. The van der Waals surface area contributed by atoms with E-state index in [4.69, 9.17) is 10.5 Å². The molecule has 0 heterocycles. The van der Waals surface area contributed by atoms with E-state index in [9.17, 15) is 4.79 Å². The molecule has 0 aromatic carbocycles. The zero-order valence-electron chi connectivity index (χ0n) is 4.55. The molecule has 0 bridgehead atoms. The molecule has 0 atom stereocenters. The van der Waals surface area contributed by atoms with Crippen LogP contribution in [0, 0.1) is 5.41 Å². The highest BCUT2D eigenvalue weighted by atomic mass is 16.4. The van der Waals surface area contributed by atoms with Crippen LogP contribution in [0.2, 0.25) is 0 Å². The molecule has 0 aliphatic carbocycles. The number of hydrogen-bond donors (Lipinski definition) is 2. The van der Waals surface area contributed by atoms with Gasteiger partial charge in [0.05, 0.1) is 0 Å². The first-order valence-electron chi connectivity index (χ1n) is 2.48. The standard InChI is InChI=1S/C5H9NO2/c6-4-2-1-3-5(7)8/h4,6H,1-3H2,(H,7,8).